The van der Waals surface area contributed by atoms with Crippen LogP contribution in [0.5, 0.6) is 0 Å². The van der Waals surface area contributed by atoms with Crippen molar-refractivity contribution in [1.29, 1.82) is 0 Å². The number of rotatable bonds is 0. The lowest BCUT2D eigenvalue weighted by Gasteiger charge is -1.89. The van der Waals surface area contributed by atoms with E-state index in [2.05, 4.69) is 0 Å². The second-order valence-corrected chi connectivity index (χ2v) is 0.567. The van der Waals surface area contributed by atoms with Gasteiger partial charge in [-0.25, -0.2) is 0 Å². The van der Waals surface area contributed by atoms with E-state index in [9.17, 15) is 0 Å². The van der Waals surface area contributed by atoms with Gasteiger partial charge in [0.2, 0.25) is 0 Å². The van der Waals surface area contributed by atoms with Crippen LogP contribution in [0.1, 0.15) is 0 Å². The molecule has 8 heavy (non-hydrogen) atoms. The molecule has 0 aliphatic heterocycles. The third kappa shape index (κ3) is 1560. The second kappa shape index (κ2) is 26.4. The summed E-state index contributed by atoms with van der Waals surface area (Å²) in [6.07, 6.45) is 0. The standard InChI is InChI=1S/ClO3.ClH.3H3N/c2-1(3)4;;;;/h;1H;3*1H3/q-1;;;;/p+1. The molecule has 0 unspecified atom stereocenters. The van der Waals surface area contributed by atoms with Crippen molar-refractivity contribution in [2.24, 2.45) is 0 Å². The molecule has 0 aliphatic rings. The molecule has 0 aromatic heterocycles. The van der Waals surface area contributed by atoms with E-state index in [1.807, 2.05) is 0 Å². The second-order valence-electron chi connectivity index (χ2n) is 0.189. The molecule has 0 amide bonds. The van der Waals surface area contributed by atoms with Gasteiger partial charge in [0.15, 0.2) is 0 Å². The monoisotopic (exact) mass is 171 g/mol. The van der Waals surface area contributed by atoms with Gasteiger partial charge in [0.05, 0.1) is 10.8 Å². The summed E-state index contributed by atoms with van der Waals surface area (Å²) in [4.78, 5) is 0. The lowest BCUT2D eigenvalue weighted by molar-refractivity contribution is -1.73. The predicted octanol–water partition coefficient (Wildman–Crippen LogP) is -5.65. The van der Waals surface area contributed by atoms with Crippen molar-refractivity contribution in [2.45, 2.75) is 0 Å². The molecule has 0 fully saturated rings. The molecule has 0 radical (unpaired) electrons. The molecule has 0 atom stereocenters. The van der Waals surface area contributed by atoms with Crippen LogP contribution in [0.3, 0.4) is 0 Å². The summed E-state index contributed by atoms with van der Waals surface area (Å²) in [5, 5.41) is 0. The van der Waals surface area contributed by atoms with E-state index in [0.717, 1.165) is 0 Å². The van der Waals surface area contributed by atoms with Crippen molar-refractivity contribution < 1.29 is 37.2 Å². The van der Waals surface area contributed by atoms with Crippen LogP contribution < -0.4 is 44.8 Å². The van der Waals surface area contributed by atoms with Crippen LogP contribution in [0.15, 0.2) is 0 Å². The molecule has 0 heterocycles. The summed E-state index contributed by atoms with van der Waals surface area (Å²) < 4.78 is 25.2. The summed E-state index contributed by atoms with van der Waals surface area (Å²) >= 11 is 0. The largest absolute Gasteiger partial charge is 1.00 e. The molecular formula is H11Cl2N3O3. The first-order valence-corrected chi connectivity index (χ1v) is 1.39. The average Bonchev–Trinajstić information content (AvgIpc) is 0.811. The average molecular weight is 172 g/mol. The Labute approximate surface area is 56.4 Å². The Hall–Kier alpha value is 0.340. The van der Waals surface area contributed by atoms with Crippen LogP contribution in [0.2, 0.25) is 0 Å². The summed E-state index contributed by atoms with van der Waals surface area (Å²) in [6, 6.07) is 0. The minimum atomic E-state index is -2.85. The van der Waals surface area contributed by atoms with Gasteiger partial charge in [0, 0.05) is 0 Å². The lowest BCUT2D eigenvalue weighted by Crippen LogP contribution is -3.00. The van der Waals surface area contributed by atoms with Crippen LogP contribution >= 0.6 is 0 Å². The van der Waals surface area contributed by atoms with E-state index in [1.54, 1.807) is 0 Å². The van der Waals surface area contributed by atoms with Crippen LogP contribution in [-0.4, -0.2) is 0 Å². The Morgan fingerprint density at radius 3 is 0.875 bits per heavy atom. The summed E-state index contributed by atoms with van der Waals surface area (Å²) in [7, 11) is -2.85. The maximum absolute atomic E-state index is 8.41. The normalized spacial score (nSPS) is 4.50. The van der Waals surface area contributed by atoms with Gasteiger partial charge < -0.3 is 44.8 Å². The zero-order chi connectivity index (χ0) is 3.58. The minimum absolute atomic E-state index is 0. The van der Waals surface area contributed by atoms with Crippen molar-refractivity contribution in [1.82, 2.24) is 18.5 Å². The van der Waals surface area contributed by atoms with Crippen molar-refractivity contribution in [3.8, 4) is 0 Å². The quantitative estimate of drug-likeness (QED) is 0.329. The van der Waals surface area contributed by atoms with E-state index in [4.69, 9.17) is 14.0 Å². The molecule has 0 aliphatic carbocycles. The van der Waals surface area contributed by atoms with Crippen LogP contribution in [-0.2, 0) is 0 Å². The molecule has 0 spiro atoms. The van der Waals surface area contributed by atoms with E-state index in [1.165, 1.54) is 0 Å². The molecule has 0 aromatic rings. The van der Waals surface area contributed by atoms with E-state index >= 15 is 0 Å². The van der Waals surface area contributed by atoms with Crippen LogP contribution in [0.25, 0.3) is 0 Å². The van der Waals surface area contributed by atoms with Crippen molar-refractivity contribution in [3.05, 3.63) is 0 Å². The Morgan fingerprint density at radius 2 is 0.875 bits per heavy atom. The lowest BCUT2D eigenvalue weighted by atomic mass is 14.0. The fourth-order valence-electron chi connectivity index (χ4n) is 0. The molecule has 0 aromatic carbocycles. The van der Waals surface area contributed by atoms with Gasteiger partial charge in [0.1, 0.15) is 0 Å². The van der Waals surface area contributed by atoms with Gasteiger partial charge in [-0.1, -0.05) is 0 Å². The highest BCUT2D eigenvalue weighted by Gasteiger charge is 1.60. The van der Waals surface area contributed by atoms with E-state index in [0.29, 0.717) is 0 Å². The summed E-state index contributed by atoms with van der Waals surface area (Å²) in [5.41, 5.74) is 0. The molecule has 0 saturated heterocycles. The Morgan fingerprint density at radius 1 is 0.875 bits per heavy atom. The summed E-state index contributed by atoms with van der Waals surface area (Å²) in [5.74, 6) is 0. The van der Waals surface area contributed by atoms with Crippen molar-refractivity contribution >= 4 is 0 Å². The van der Waals surface area contributed by atoms with Gasteiger partial charge >= 0.3 is 0 Å². The topological polar surface area (TPSA) is 177 Å². The third-order valence-corrected chi connectivity index (χ3v) is 0. The first-order valence-electron chi connectivity index (χ1n) is 0.463. The van der Waals surface area contributed by atoms with Crippen molar-refractivity contribution in [3.63, 3.8) is 0 Å². The fraction of sp³-hybridized carbons (Fsp3) is 0. The highest BCUT2D eigenvalue weighted by atomic mass is 35.6. The van der Waals surface area contributed by atoms with Gasteiger partial charge in [-0.3, -0.25) is 0 Å². The SMILES string of the molecule is N.[Cl-].[NH4+].[NH4+].[O-][Cl+2]([O-])[O-]. The van der Waals surface area contributed by atoms with E-state index < -0.39 is 10.8 Å². The highest BCUT2D eigenvalue weighted by molar-refractivity contribution is 2.14. The zero-order valence-electron chi connectivity index (χ0n) is 4.69. The molecule has 0 saturated carbocycles. The third-order valence-electron chi connectivity index (χ3n) is 0. The molecule has 0 rings (SSSR count). The predicted molar refractivity (Wildman–Crippen MR) is 17.0 cm³/mol. The number of hydrogen-bond donors (Lipinski definition) is 3. The van der Waals surface area contributed by atoms with Gasteiger partial charge in [-0.2, -0.15) is 0 Å². The Bertz CT molecular complexity index is 17.2. The van der Waals surface area contributed by atoms with Gasteiger partial charge in [-0.05, 0) is 0 Å². The Kier molecular flexibility index (Phi) is 133. The summed E-state index contributed by atoms with van der Waals surface area (Å²) in [6.45, 7) is 0. The number of quaternary nitrogens is 2. The molecule has 6 nitrogen and oxygen atoms in total. The van der Waals surface area contributed by atoms with Crippen molar-refractivity contribution in [2.75, 3.05) is 0 Å². The molecule has 58 valence electrons. The number of hydrogen-bond acceptors (Lipinski definition) is 4. The Balaban J connectivity index is -0.00000000750. The highest BCUT2D eigenvalue weighted by Crippen LogP contribution is 1.24. The minimum Gasteiger partial charge on any atom is -1.00 e. The first-order chi connectivity index (χ1) is 1.73. The van der Waals surface area contributed by atoms with Gasteiger partial charge in [-0.15, -0.1) is 0 Å². The maximum atomic E-state index is 8.41. The molecule has 8 heteroatoms. The first kappa shape index (κ1) is 40.3. The number of halogens is 2. The van der Waals surface area contributed by atoms with E-state index in [-0.39, 0.29) is 30.9 Å². The van der Waals surface area contributed by atoms with Crippen LogP contribution in [0, 0.1) is 10.8 Å². The zero-order valence-corrected chi connectivity index (χ0v) is 6.20. The molecular weight excluding hydrogens is 161 g/mol. The maximum Gasteiger partial charge on any atom is 0.0695 e. The molecule has 11 N–H and O–H groups in total. The smallest absolute Gasteiger partial charge is 0.0695 e. The fourth-order valence-corrected chi connectivity index (χ4v) is 0. The van der Waals surface area contributed by atoms with Gasteiger partial charge in [0.25, 0.3) is 0 Å². The molecule has 0 bridgehead atoms. The van der Waals surface area contributed by atoms with Crippen LogP contribution in [0.4, 0.5) is 0 Å².